The Kier molecular flexibility index (Phi) is 29.4. The summed E-state index contributed by atoms with van der Waals surface area (Å²) in [7, 11) is 0. The summed E-state index contributed by atoms with van der Waals surface area (Å²) in [5.41, 5.74) is 18.0. The van der Waals surface area contributed by atoms with Crippen LogP contribution in [0.2, 0.25) is 5.02 Å². The number of thiophene rings is 1. The molecule has 5 heterocycles. The highest BCUT2D eigenvalue weighted by atomic mass is 35.5. The van der Waals surface area contributed by atoms with Crippen molar-refractivity contribution < 1.29 is 4.74 Å². The maximum Gasteiger partial charge on any atom is 0.160 e. The molecular formula is C59H85ClN8OS. The molecule has 5 aromatic rings. The molecule has 2 fully saturated rings. The van der Waals surface area contributed by atoms with Gasteiger partial charge in [-0.3, -0.25) is 9.56 Å². The second-order valence-corrected chi connectivity index (χ2v) is 18.3. The number of nitrogens with zero attached hydrogens (tertiary/aromatic N) is 5. The second kappa shape index (κ2) is 33.9. The Morgan fingerprint density at radius 3 is 2.07 bits per heavy atom. The van der Waals surface area contributed by atoms with Crippen molar-refractivity contribution in [2.24, 2.45) is 16.5 Å². The molecule has 1 atom stereocenters. The molecule has 1 unspecified atom stereocenters. The standard InChI is InChI=1S/C25H35N3O.C18H17ClN4S.C5H10.C5H8.C2H5N.C2H6.C2H4/c1-18-13-14-24(19(2)27-18)28-20(3)23-12-9-11-22(25(23)21(28)4)10-7-5-6-8-16-29-17-15-26;1-4-14-21-22-15-9-20-17(12-5-7-13(19)8-6-12)16-10(2)11(3)24-18(16)23(14)15;1-2-4-5-3-1;1-3-5-4-2;1-2-3;2*1-2/h9,11-12,24,27H,1-8,10,13-17,26H2;5-8H,4,9H2,1-3H3;1-5H2;3-4H,1-2,5H2;2H,1,3H2;1-2H3;1-2H2. The normalized spacial score (nSPS) is 14.1. The van der Waals surface area contributed by atoms with Crippen molar-refractivity contribution in [3.8, 4) is 5.00 Å². The summed E-state index contributed by atoms with van der Waals surface area (Å²) in [4.78, 5) is 6.18. The van der Waals surface area contributed by atoms with Crippen LogP contribution in [0, 0.1) is 13.8 Å². The molecule has 0 radical (unpaired) electrons. The van der Waals surface area contributed by atoms with Gasteiger partial charge in [-0.1, -0.05) is 153 Å². The van der Waals surface area contributed by atoms with Gasteiger partial charge in [-0.2, -0.15) is 0 Å². The Bertz CT molecular complexity index is 2510. The van der Waals surface area contributed by atoms with E-state index in [-0.39, 0.29) is 6.04 Å². The fourth-order valence-corrected chi connectivity index (χ4v) is 9.74. The van der Waals surface area contributed by atoms with Crippen LogP contribution in [-0.2, 0) is 24.1 Å². The summed E-state index contributed by atoms with van der Waals surface area (Å²) in [6, 6.07) is 14.6. The molecule has 0 spiro atoms. The molecule has 70 heavy (non-hydrogen) atoms. The van der Waals surface area contributed by atoms with Gasteiger partial charge in [0, 0.05) is 73.5 Å². The van der Waals surface area contributed by atoms with Gasteiger partial charge in [0.2, 0.25) is 0 Å². The molecule has 5 N–H and O–H groups in total. The number of aryl methyl sites for hydroxylation is 3. The zero-order valence-corrected chi connectivity index (χ0v) is 45.1. The van der Waals surface area contributed by atoms with Crippen LogP contribution >= 0.6 is 22.9 Å². The van der Waals surface area contributed by atoms with E-state index < -0.39 is 0 Å². The lowest BCUT2D eigenvalue weighted by atomic mass is 10.00. The first-order chi connectivity index (χ1) is 34.0. The summed E-state index contributed by atoms with van der Waals surface area (Å²) in [6.07, 6.45) is 21.8. The maximum absolute atomic E-state index is 6.05. The molecule has 11 heteroatoms. The molecule has 1 saturated heterocycles. The molecule has 0 amide bonds. The van der Waals surface area contributed by atoms with Crippen molar-refractivity contribution in [2.75, 3.05) is 19.8 Å². The number of benzene rings is 2. The fraction of sp³-hybridized carbons (Fsp3) is 0.407. The molecule has 380 valence electrons. The molecule has 8 rings (SSSR count). The van der Waals surface area contributed by atoms with E-state index in [1.165, 1.54) is 94.9 Å². The predicted octanol–water partition coefficient (Wildman–Crippen LogP) is 13.6. The highest BCUT2D eigenvalue weighted by Crippen LogP contribution is 2.36. The minimum atomic E-state index is 0.175. The number of unbranched alkanes of at least 4 members (excludes halogenated alkanes) is 3. The third-order valence-electron chi connectivity index (χ3n) is 11.8. The summed E-state index contributed by atoms with van der Waals surface area (Å²) < 4.78 is 9.90. The van der Waals surface area contributed by atoms with Crippen molar-refractivity contribution in [3.63, 3.8) is 0 Å². The Morgan fingerprint density at radius 2 is 1.50 bits per heavy atom. The van der Waals surface area contributed by atoms with Crippen LogP contribution in [0.25, 0.3) is 28.9 Å². The minimum Gasteiger partial charge on any atom is -0.405 e. The number of hydrogen-bond donors (Lipinski definition) is 3. The van der Waals surface area contributed by atoms with E-state index in [0.29, 0.717) is 19.7 Å². The van der Waals surface area contributed by atoms with Crippen molar-refractivity contribution in [3.05, 3.63) is 173 Å². The Labute approximate surface area is 430 Å². The number of nitrogens with two attached hydrogens (primary N) is 2. The van der Waals surface area contributed by atoms with Gasteiger partial charge in [-0.05, 0) is 81.8 Å². The SMILES string of the molecule is C1CCCC1.C=C.C=C1CCC(n2c(=C)c3cccc(CCCCCCOCCN)c3c2=C)C(=C)N1.C=CCC=C.C=CN.CC.CCc1nnc2n1-c1sc(C)c(C)c1C(c1ccc(Cl)cc1)=NC2. The monoisotopic (exact) mass is 989 g/mol. The number of allylic oxidation sites excluding steroid dienone is 4. The Balaban J connectivity index is 0.000000365. The average molecular weight is 990 g/mol. The quantitative estimate of drug-likeness (QED) is 0.0753. The summed E-state index contributed by atoms with van der Waals surface area (Å²) in [5.74, 6) is 1.89. The lowest BCUT2D eigenvalue weighted by Gasteiger charge is -2.29. The zero-order valence-electron chi connectivity index (χ0n) is 43.5. The van der Waals surface area contributed by atoms with Crippen molar-refractivity contribution in [2.45, 2.75) is 137 Å². The van der Waals surface area contributed by atoms with Gasteiger partial charge in [-0.15, -0.1) is 47.8 Å². The topological polar surface area (TPSA) is 121 Å². The molecule has 3 aliphatic rings. The predicted molar refractivity (Wildman–Crippen MR) is 308 cm³/mol. The van der Waals surface area contributed by atoms with Crippen LogP contribution < -0.4 is 27.5 Å². The first-order valence-corrected chi connectivity index (χ1v) is 26.3. The highest BCUT2D eigenvalue weighted by molar-refractivity contribution is 7.15. The third kappa shape index (κ3) is 17.4. The minimum absolute atomic E-state index is 0.175. The molecule has 1 saturated carbocycles. The van der Waals surface area contributed by atoms with Gasteiger partial charge >= 0.3 is 0 Å². The van der Waals surface area contributed by atoms with Gasteiger partial charge < -0.3 is 26.1 Å². The summed E-state index contributed by atoms with van der Waals surface area (Å²) in [5, 5.41) is 18.5. The van der Waals surface area contributed by atoms with E-state index in [1.54, 1.807) is 11.3 Å². The van der Waals surface area contributed by atoms with Gasteiger partial charge in [0.1, 0.15) is 17.4 Å². The van der Waals surface area contributed by atoms with E-state index in [2.05, 4.69) is 129 Å². The van der Waals surface area contributed by atoms with Gasteiger partial charge in [0.15, 0.2) is 5.82 Å². The fourth-order valence-electron chi connectivity index (χ4n) is 8.42. The molecular weight excluding hydrogens is 904 g/mol. The van der Waals surface area contributed by atoms with Crippen molar-refractivity contribution in [1.29, 1.82) is 0 Å². The van der Waals surface area contributed by atoms with Crippen LogP contribution in [0.4, 0.5) is 0 Å². The number of nitrogens with one attached hydrogen (secondary N) is 1. The Hall–Kier alpha value is -5.52. The van der Waals surface area contributed by atoms with Crippen LogP contribution in [-0.4, -0.2) is 44.8 Å². The number of halogens is 1. The number of fused-ring (bicyclic) bond motifs is 4. The van der Waals surface area contributed by atoms with Crippen LogP contribution in [0.3, 0.4) is 0 Å². The summed E-state index contributed by atoms with van der Waals surface area (Å²) >= 11 is 7.84. The average Bonchev–Trinajstić information content (AvgIpc) is 4.17. The first-order valence-electron chi connectivity index (χ1n) is 25.1. The Morgan fingerprint density at radius 1 is 0.871 bits per heavy atom. The number of piperidine rings is 1. The number of ether oxygens (including phenoxy) is 1. The van der Waals surface area contributed by atoms with E-state index in [9.17, 15) is 0 Å². The second-order valence-electron chi connectivity index (χ2n) is 16.6. The van der Waals surface area contributed by atoms with Gasteiger partial charge in [-0.25, -0.2) is 0 Å². The van der Waals surface area contributed by atoms with Crippen LogP contribution in [0.1, 0.15) is 143 Å². The van der Waals surface area contributed by atoms with Gasteiger partial charge in [0.25, 0.3) is 0 Å². The number of hydrogen-bond acceptors (Lipinski definition) is 8. The van der Waals surface area contributed by atoms with E-state index >= 15 is 0 Å². The number of aromatic nitrogens is 4. The van der Waals surface area contributed by atoms with E-state index in [1.807, 2.05) is 50.3 Å². The lowest BCUT2D eigenvalue weighted by molar-refractivity contribution is 0.137. The number of aliphatic imine (C=N–C) groups is 1. The molecule has 0 bridgehead atoms. The molecule has 3 aromatic heterocycles. The highest BCUT2D eigenvalue weighted by Gasteiger charge is 2.27. The van der Waals surface area contributed by atoms with Crippen LogP contribution in [0.5, 0.6) is 0 Å². The number of rotatable bonds is 14. The van der Waals surface area contributed by atoms with E-state index in [0.717, 1.165) is 95.2 Å². The van der Waals surface area contributed by atoms with E-state index in [4.69, 9.17) is 27.1 Å². The van der Waals surface area contributed by atoms with Crippen molar-refractivity contribution >= 4 is 52.6 Å². The van der Waals surface area contributed by atoms with Crippen LogP contribution in [0.15, 0.2) is 123 Å². The zero-order chi connectivity index (χ0) is 52.0. The maximum atomic E-state index is 6.05. The van der Waals surface area contributed by atoms with Crippen molar-refractivity contribution in [1.82, 2.24) is 24.6 Å². The smallest absolute Gasteiger partial charge is 0.160 e. The lowest BCUT2D eigenvalue weighted by Crippen LogP contribution is -2.36. The molecule has 9 nitrogen and oxygen atoms in total. The molecule has 2 aromatic carbocycles. The third-order valence-corrected chi connectivity index (χ3v) is 13.3. The summed E-state index contributed by atoms with van der Waals surface area (Å²) in [6.45, 7) is 46.2. The first kappa shape index (κ1) is 60.6. The van der Waals surface area contributed by atoms with Gasteiger partial charge in [0.05, 0.1) is 18.4 Å². The molecule has 2 aliphatic heterocycles. The molecule has 1 aliphatic carbocycles. The largest absolute Gasteiger partial charge is 0.405 e.